The molecule has 2 aromatic carbocycles. The molecule has 0 saturated heterocycles. The molecule has 3 aromatic rings. The molecule has 0 aliphatic heterocycles. The number of fused-ring (bicyclic) bond motifs is 1. The summed E-state index contributed by atoms with van der Waals surface area (Å²) < 4.78 is 11.5. The monoisotopic (exact) mass is 354 g/mol. The van der Waals surface area contributed by atoms with Gasteiger partial charge in [0, 0.05) is 23.7 Å². The maximum Gasteiger partial charge on any atom is 0.340 e. The van der Waals surface area contributed by atoms with Crippen molar-refractivity contribution in [2.45, 2.75) is 0 Å². The van der Waals surface area contributed by atoms with E-state index in [1.165, 1.54) is 42.1 Å². The van der Waals surface area contributed by atoms with Gasteiger partial charge in [-0.15, -0.1) is 0 Å². The van der Waals surface area contributed by atoms with Crippen molar-refractivity contribution in [1.29, 1.82) is 0 Å². The Hall–Kier alpha value is -3.68. The van der Waals surface area contributed by atoms with E-state index in [-0.39, 0.29) is 17.9 Å². The second-order valence-corrected chi connectivity index (χ2v) is 5.35. The lowest BCUT2D eigenvalue weighted by atomic mass is 10.2. The summed E-state index contributed by atoms with van der Waals surface area (Å²) in [5, 5.41) is 11.2. The summed E-state index contributed by atoms with van der Waals surface area (Å²) in [6.45, 7) is -0.295. The molecule has 0 unspecified atom stereocenters. The fourth-order valence-electron chi connectivity index (χ4n) is 2.54. The number of hydrogen-bond donors (Lipinski definition) is 0. The number of benzene rings is 2. The van der Waals surface area contributed by atoms with Gasteiger partial charge in [-0.05, 0) is 18.2 Å². The lowest BCUT2D eigenvalue weighted by molar-refractivity contribution is -0.384. The number of non-ortho nitro benzene ring substituents is 1. The minimum atomic E-state index is -0.538. The van der Waals surface area contributed by atoms with Crippen molar-refractivity contribution in [2.24, 2.45) is 0 Å². The van der Waals surface area contributed by atoms with Crippen molar-refractivity contribution in [3.63, 3.8) is 0 Å². The highest BCUT2D eigenvalue weighted by atomic mass is 16.6. The summed E-state index contributed by atoms with van der Waals surface area (Å²) in [6.07, 6.45) is 1.41. The zero-order valence-corrected chi connectivity index (χ0v) is 13.7. The SMILES string of the molecule is COC(=O)c1cn(C(=O)COc2ccc([N+](=O)[O-])cc2)c2ccccc12. The largest absolute Gasteiger partial charge is 0.484 e. The van der Waals surface area contributed by atoms with Crippen LogP contribution in [0.2, 0.25) is 0 Å². The summed E-state index contributed by atoms with van der Waals surface area (Å²) >= 11 is 0. The third kappa shape index (κ3) is 3.25. The van der Waals surface area contributed by atoms with Crippen molar-refractivity contribution < 1.29 is 24.0 Å². The van der Waals surface area contributed by atoms with Crippen LogP contribution in [0.4, 0.5) is 5.69 Å². The van der Waals surface area contributed by atoms with E-state index in [1.807, 2.05) is 0 Å². The van der Waals surface area contributed by atoms with Crippen LogP contribution in [0.25, 0.3) is 10.9 Å². The molecule has 0 fully saturated rings. The summed E-state index contributed by atoms with van der Waals surface area (Å²) in [4.78, 5) is 34.5. The quantitative estimate of drug-likeness (QED) is 0.396. The topological polar surface area (TPSA) is 101 Å². The number of para-hydroxylation sites is 1. The van der Waals surface area contributed by atoms with Gasteiger partial charge in [0.1, 0.15) is 5.75 Å². The Kier molecular flexibility index (Phi) is 4.66. The van der Waals surface area contributed by atoms with Crippen LogP contribution in [0.5, 0.6) is 5.75 Å². The number of rotatable bonds is 5. The zero-order chi connectivity index (χ0) is 18.7. The number of ether oxygens (including phenoxy) is 2. The highest BCUT2D eigenvalue weighted by Gasteiger charge is 2.18. The molecule has 0 N–H and O–H groups in total. The Morgan fingerprint density at radius 2 is 1.81 bits per heavy atom. The Morgan fingerprint density at radius 3 is 2.46 bits per heavy atom. The van der Waals surface area contributed by atoms with Crippen molar-refractivity contribution in [2.75, 3.05) is 13.7 Å². The first-order valence-corrected chi connectivity index (χ1v) is 7.60. The van der Waals surface area contributed by atoms with Gasteiger partial charge in [-0.25, -0.2) is 4.79 Å². The van der Waals surface area contributed by atoms with Crippen LogP contribution in [0.15, 0.2) is 54.7 Å². The predicted octanol–water partition coefficient (Wildman–Crippen LogP) is 3.06. The number of hydrogen-bond acceptors (Lipinski definition) is 6. The molecule has 26 heavy (non-hydrogen) atoms. The Labute approximate surface area is 147 Å². The maximum atomic E-state index is 12.5. The number of aromatic nitrogens is 1. The average molecular weight is 354 g/mol. The number of nitro groups is 1. The highest BCUT2D eigenvalue weighted by molar-refractivity contribution is 6.07. The molecule has 0 saturated carbocycles. The molecule has 8 heteroatoms. The van der Waals surface area contributed by atoms with Gasteiger partial charge in [0.05, 0.1) is 23.1 Å². The molecule has 132 valence electrons. The number of esters is 1. The first kappa shape index (κ1) is 17.2. The third-order valence-electron chi connectivity index (χ3n) is 3.80. The van der Waals surface area contributed by atoms with Gasteiger partial charge in [0.25, 0.3) is 11.6 Å². The van der Waals surface area contributed by atoms with E-state index in [0.717, 1.165) is 0 Å². The highest BCUT2D eigenvalue weighted by Crippen LogP contribution is 2.22. The van der Waals surface area contributed by atoms with Gasteiger partial charge in [-0.2, -0.15) is 0 Å². The molecule has 0 radical (unpaired) electrons. The number of nitrogens with zero attached hydrogens (tertiary/aromatic N) is 2. The van der Waals surface area contributed by atoms with Gasteiger partial charge in [0.2, 0.25) is 0 Å². The van der Waals surface area contributed by atoms with Crippen molar-refractivity contribution in [3.8, 4) is 5.75 Å². The predicted molar refractivity (Wildman–Crippen MR) is 92.5 cm³/mol. The van der Waals surface area contributed by atoms with Gasteiger partial charge >= 0.3 is 5.97 Å². The molecule has 1 aromatic heterocycles. The Bertz CT molecular complexity index is 991. The van der Waals surface area contributed by atoms with Crippen LogP contribution < -0.4 is 4.74 Å². The molecule has 0 amide bonds. The van der Waals surface area contributed by atoms with Crippen LogP contribution in [0, 0.1) is 10.1 Å². The van der Waals surface area contributed by atoms with Crippen molar-refractivity contribution >= 4 is 28.5 Å². The van der Waals surface area contributed by atoms with Crippen LogP contribution in [0.3, 0.4) is 0 Å². The average Bonchev–Trinajstić information content (AvgIpc) is 3.05. The van der Waals surface area contributed by atoms with E-state index in [0.29, 0.717) is 16.7 Å². The lowest BCUT2D eigenvalue weighted by Crippen LogP contribution is -2.18. The molecule has 0 atom stereocenters. The molecule has 8 nitrogen and oxygen atoms in total. The zero-order valence-electron chi connectivity index (χ0n) is 13.7. The molecule has 3 rings (SSSR count). The Morgan fingerprint density at radius 1 is 1.12 bits per heavy atom. The molecular weight excluding hydrogens is 340 g/mol. The van der Waals surface area contributed by atoms with Crippen molar-refractivity contribution in [1.82, 2.24) is 4.57 Å². The number of nitro benzene ring substituents is 1. The molecule has 0 aliphatic carbocycles. The van der Waals surface area contributed by atoms with E-state index in [4.69, 9.17) is 9.47 Å². The molecule has 0 bridgehead atoms. The van der Waals surface area contributed by atoms with Crippen LogP contribution in [-0.4, -0.2) is 35.1 Å². The van der Waals surface area contributed by atoms with Crippen LogP contribution in [0.1, 0.15) is 15.2 Å². The fourth-order valence-corrected chi connectivity index (χ4v) is 2.54. The van der Waals surface area contributed by atoms with Gasteiger partial charge < -0.3 is 9.47 Å². The summed E-state index contributed by atoms with van der Waals surface area (Å²) in [5.74, 6) is -0.604. The molecule has 0 spiro atoms. The summed E-state index contributed by atoms with van der Waals surface area (Å²) in [5.41, 5.74) is 0.778. The molecule has 0 aliphatic rings. The minimum Gasteiger partial charge on any atom is -0.484 e. The van der Waals surface area contributed by atoms with E-state index in [1.54, 1.807) is 24.3 Å². The summed E-state index contributed by atoms with van der Waals surface area (Å²) in [7, 11) is 1.27. The lowest BCUT2D eigenvalue weighted by Gasteiger charge is -2.07. The molecule has 1 heterocycles. The first-order valence-electron chi connectivity index (χ1n) is 7.60. The molecular formula is C18H14N2O6. The maximum absolute atomic E-state index is 12.5. The number of methoxy groups -OCH3 is 1. The smallest absolute Gasteiger partial charge is 0.340 e. The normalized spacial score (nSPS) is 10.5. The Balaban J connectivity index is 1.81. The van der Waals surface area contributed by atoms with E-state index in [2.05, 4.69) is 0 Å². The fraction of sp³-hybridized carbons (Fsp3) is 0.111. The number of carbonyl (C=O) groups excluding carboxylic acids is 2. The second kappa shape index (κ2) is 7.06. The second-order valence-electron chi connectivity index (χ2n) is 5.35. The van der Waals surface area contributed by atoms with Gasteiger partial charge in [-0.1, -0.05) is 18.2 Å². The van der Waals surface area contributed by atoms with Crippen LogP contribution >= 0.6 is 0 Å². The third-order valence-corrected chi connectivity index (χ3v) is 3.80. The van der Waals surface area contributed by atoms with Gasteiger partial charge in [-0.3, -0.25) is 19.5 Å². The standard InChI is InChI=1S/C18H14N2O6/c1-25-18(22)15-10-19(16-5-3-2-4-14(15)16)17(21)11-26-13-8-6-12(7-9-13)20(23)24/h2-10H,11H2,1H3. The van der Waals surface area contributed by atoms with E-state index < -0.39 is 16.8 Å². The first-order chi connectivity index (χ1) is 12.5. The van der Waals surface area contributed by atoms with Gasteiger partial charge in [0.15, 0.2) is 6.61 Å². The summed E-state index contributed by atoms with van der Waals surface area (Å²) in [6, 6.07) is 12.4. The number of carbonyl (C=O) groups is 2. The minimum absolute atomic E-state index is 0.0669. The van der Waals surface area contributed by atoms with E-state index >= 15 is 0 Å². The van der Waals surface area contributed by atoms with Crippen LogP contribution in [-0.2, 0) is 4.74 Å². The van der Waals surface area contributed by atoms with Crippen molar-refractivity contribution in [3.05, 3.63) is 70.4 Å². The van der Waals surface area contributed by atoms with E-state index in [9.17, 15) is 19.7 Å².